The molecule has 0 aliphatic carbocycles. The van der Waals surface area contributed by atoms with Crippen molar-refractivity contribution in [2.24, 2.45) is 5.41 Å². The number of sulfonamides is 1. The third-order valence-corrected chi connectivity index (χ3v) is 4.06. The summed E-state index contributed by atoms with van der Waals surface area (Å²) in [5.41, 5.74) is 0.198. The minimum Gasteiger partial charge on any atom is -0.312 e. The van der Waals surface area contributed by atoms with E-state index in [4.69, 9.17) is 0 Å². The Kier molecular flexibility index (Phi) is 5.23. The Balaban J connectivity index is 3.92. The van der Waals surface area contributed by atoms with Crippen LogP contribution >= 0.6 is 0 Å². The zero-order chi connectivity index (χ0) is 12.3. The summed E-state index contributed by atoms with van der Waals surface area (Å²) in [4.78, 5) is 0. The highest BCUT2D eigenvalue weighted by Crippen LogP contribution is 2.17. The molecular formula is C10H24N2O2S. The standard InChI is InChI=1S/C10H24N2O2S/c1-9(10(2,3)4)11-7-8-12(5)15(6,13)14/h9,11H,7-8H2,1-6H3. The molecule has 1 unspecified atom stereocenters. The van der Waals surface area contributed by atoms with E-state index < -0.39 is 10.0 Å². The summed E-state index contributed by atoms with van der Waals surface area (Å²) < 4.78 is 23.6. The van der Waals surface area contributed by atoms with Crippen LogP contribution in [0.2, 0.25) is 0 Å². The molecule has 0 heterocycles. The molecule has 0 radical (unpaired) electrons. The van der Waals surface area contributed by atoms with E-state index in [1.807, 2.05) is 0 Å². The summed E-state index contributed by atoms with van der Waals surface area (Å²) >= 11 is 0. The van der Waals surface area contributed by atoms with Crippen LogP contribution < -0.4 is 5.32 Å². The van der Waals surface area contributed by atoms with Crippen LogP contribution in [0.5, 0.6) is 0 Å². The number of likely N-dealkylation sites (N-methyl/N-ethyl adjacent to an activating group) is 1. The van der Waals surface area contributed by atoms with Crippen molar-refractivity contribution in [2.75, 3.05) is 26.4 Å². The molecule has 0 saturated carbocycles. The number of nitrogens with one attached hydrogen (secondary N) is 1. The van der Waals surface area contributed by atoms with E-state index in [9.17, 15) is 8.42 Å². The first-order chi connectivity index (χ1) is 6.55. The Morgan fingerprint density at radius 3 is 2.13 bits per heavy atom. The van der Waals surface area contributed by atoms with Gasteiger partial charge in [0.25, 0.3) is 0 Å². The third-order valence-electron chi connectivity index (χ3n) is 2.74. The highest BCUT2D eigenvalue weighted by molar-refractivity contribution is 7.88. The molecular weight excluding hydrogens is 212 g/mol. The molecule has 0 amide bonds. The summed E-state index contributed by atoms with van der Waals surface area (Å²) in [6.07, 6.45) is 1.22. The maximum Gasteiger partial charge on any atom is 0.210 e. The monoisotopic (exact) mass is 236 g/mol. The Morgan fingerprint density at radius 2 is 1.80 bits per heavy atom. The number of hydrogen-bond acceptors (Lipinski definition) is 3. The highest BCUT2D eigenvalue weighted by atomic mass is 32.2. The SMILES string of the molecule is CC(NCCN(C)S(C)(=O)=O)C(C)(C)C. The summed E-state index contributed by atoms with van der Waals surface area (Å²) in [6.45, 7) is 9.78. The molecule has 0 saturated heterocycles. The van der Waals surface area contributed by atoms with Crippen LogP contribution in [0.1, 0.15) is 27.7 Å². The normalized spacial score (nSPS) is 15.7. The molecule has 0 aliphatic heterocycles. The van der Waals surface area contributed by atoms with E-state index in [0.717, 1.165) is 0 Å². The van der Waals surface area contributed by atoms with Crippen molar-refractivity contribution in [3.05, 3.63) is 0 Å². The van der Waals surface area contributed by atoms with E-state index in [0.29, 0.717) is 19.1 Å². The maximum atomic E-state index is 11.1. The fourth-order valence-electron chi connectivity index (χ4n) is 0.911. The topological polar surface area (TPSA) is 49.4 Å². The summed E-state index contributed by atoms with van der Waals surface area (Å²) in [5.74, 6) is 0. The van der Waals surface area contributed by atoms with E-state index in [-0.39, 0.29) is 5.41 Å². The molecule has 0 aromatic carbocycles. The zero-order valence-electron chi connectivity index (χ0n) is 10.7. The molecule has 92 valence electrons. The van der Waals surface area contributed by atoms with Crippen LogP contribution in [-0.2, 0) is 10.0 Å². The molecule has 0 aromatic heterocycles. The highest BCUT2D eigenvalue weighted by Gasteiger charge is 2.19. The number of rotatable bonds is 5. The largest absolute Gasteiger partial charge is 0.312 e. The lowest BCUT2D eigenvalue weighted by atomic mass is 9.88. The third kappa shape index (κ3) is 6.12. The lowest BCUT2D eigenvalue weighted by molar-refractivity contribution is 0.282. The first kappa shape index (κ1) is 14.9. The second-order valence-electron chi connectivity index (χ2n) is 5.13. The van der Waals surface area contributed by atoms with Gasteiger partial charge in [0.1, 0.15) is 0 Å². The predicted octanol–water partition coefficient (Wildman–Crippen LogP) is 0.902. The minimum atomic E-state index is -3.04. The Bertz CT molecular complexity index is 280. The van der Waals surface area contributed by atoms with Crippen molar-refractivity contribution >= 4 is 10.0 Å². The van der Waals surface area contributed by atoms with Crippen molar-refractivity contribution in [1.29, 1.82) is 0 Å². The van der Waals surface area contributed by atoms with E-state index in [1.165, 1.54) is 10.6 Å². The minimum absolute atomic E-state index is 0.198. The van der Waals surface area contributed by atoms with Gasteiger partial charge < -0.3 is 5.32 Å². The molecule has 0 aromatic rings. The van der Waals surface area contributed by atoms with Crippen LogP contribution in [0.4, 0.5) is 0 Å². The summed E-state index contributed by atoms with van der Waals surface area (Å²) in [5, 5.41) is 3.32. The van der Waals surface area contributed by atoms with Gasteiger partial charge in [0.15, 0.2) is 0 Å². The zero-order valence-corrected chi connectivity index (χ0v) is 11.5. The molecule has 0 aliphatic rings. The smallest absolute Gasteiger partial charge is 0.210 e. The Hall–Kier alpha value is -0.130. The van der Waals surface area contributed by atoms with Crippen molar-refractivity contribution in [3.8, 4) is 0 Å². The quantitative estimate of drug-likeness (QED) is 0.771. The maximum absolute atomic E-state index is 11.1. The molecule has 4 nitrogen and oxygen atoms in total. The fourth-order valence-corrected chi connectivity index (χ4v) is 1.33. The van der Waals surface area contributed by atoms with Crippen LogP contribution in [0.15, 0.2) is 0 Å². The van der Waals surface area contributed by atoms with Gasteiger partial charge in [0.2, 0.25) is 10.0 Å². The first-order valence-electron chi connectivity index (χ1n) is 5.20. The van der Waals surface area contributed by atoms with Gasteiger partial charge in [-0.25, -0.2) is 12.7 Å². The van der Waals surface area contributed by atoms with Gasteiger partial charge in [-0.15, -0.1) is 0 Å². The number of hydrogen-bond donors (Lipinski definition) is 1. The molecule has 0 rings (SSSR count). The van der Waals surface area contributed by atoms with E-state index in [1.54, 1.807) is 7.05 Å². The van der Waals surface area contributed by atoms with E-state index >= 15 is 0 Å². The molecule has 0 fully saturated rings. The average molecular weight is 236 g/mol. The van der Waals surface area contributed by atoms with Gasteiger partial charge >= 0.3 is 0 Å². The van der Waals surface area contributed by atoms with Gasteiger partial charge in [-0.3, -0.25) is 0 Å². The summed E-state index contributed by atoms with van der Waals surface area (Å²) in [7, 11) is -1.45. The Labute approximate surface area is 94.1 Å². The lowest BCUT2D eigenvalue weighted by Crippen LogP contribution is -2.42. The van der Waals surface area contributed by atoms with Crippen LogP contribution in [-0.4, -0.2) is 45.2 Å². The van der Waals surface area contributed by atoms with Crippen molar-refractivity contribution in [1.82, 2.24) is 9.62 Å². The number of nitrogens with zero attached hydrogens (tertiary/aromatic N) is 1. The van der Waals surface area contributed by atoms with Gasteiger partial charge in [0, 0.05) is 26.2 Å². The van der Waals surface area contributed by atoms with Crippen molar-refractivity contribution < 1.29 is 8.42 Å². The van der Waals surface area contributed by atoms with Gasteiger partial charge in [-0.1, -0.05) is 20.8 Å². The lowest BCUT2D eigenvalue weighted by Gasteiger charge is -2.28. The second-order valence-corrected chi connectivity index (χ2v) is 7.22. The fraction of sp³-hybridized carbons (Fsp3) is 1.00. The van der Waals surface area contributed by atoms with Crippen molar-refractivity contribution in [3.63, 3.8) is 0 Å². The molecule has 1 atom stereocenters. The molecule has 1 N–H and O–H groups in total. The van der Waals surface area contributed by atoms with Crippen molar-refractivity contribution in [2.45, 2.75) is 33.7 Å². The van der Waals surface area contributed by atoms with E-state index in [2.05, 4.69) is 33.0 Å². The molecule has 0 spiro atoms. The Morgan fingerprint density at radius 1 is 1.33 bits per heavy atom. The van der Waals surface area contributed by atoms with Crippen LogP contribution in [0.25, 0.3) is 0 Å². The molecule has 5 heteroatoms. The van der Waals surface area contributed by atoms with Gasteiger partial charge in [0.05, 0.1) is 6.26 Å². The first-order valence-corrected chi connectivity index (χ1v) is 7.04. The second kappa shape index (κ2) is 5.27. The summed E-state index contributed by atoms with van der Waals surface area (Å²) in [6, 6.07) is 0.366. The molecule has 0 bridgehead atoms. The van der Waals surface area contributed by atoms with Gasteiger partial charge in [-0.05, 0) is 12.3 Å². The van der Waals surface area contributed by atoms with Crippen LogP contribution in [0.3, 0.4) is 0 Å². The predicted molar refractivity (Wildman–Crippen MR) is 64.4 cm³/mol. The average Bonchev–Trinajstić information content (AvgIpc) is 2.00. The van der Waals surface area contributed by atoms with Gasteiger partial charge in [-0.2, -0.15) is 0 Å². The van der Waals surface area contributed by atoms with Crippen LogP contribution in [0, 0.1) is 5.41 Å². The molecule has 15 heavy (non-hydrogen) atoms.